The molecule has 1 atom stereocenters. The van der Waals surface area contributed by atoms with Crippen LogP contribution in [0.4, 0.5) is 0 Å². The summed E-state index contributed by atoms with van der Waals surface area (Å²) in [4.78, 5) is 12.0. The molecule has 0 aliphatic heterocycles. The molecule has 7 heteroatoms. The maximum atomic E-state index is 12.0. The molecule has 0 spiro atoms. The molecule has 138 valence electrons. The van der Waals surface area contributed by atoms with Crippen molar-refractivity contribution in [2.45, 2.75) is 26.4 Å². The fourth-order valence-electron chi connectivity index (χ4n) is 2.04. The monoisotopic (exact) mass is 438 g/mol. The van der Waals surface area contributed by atoms with Gasteiger partial charge in [-0.2, -0.15) is 5.10 Å². The molecule has 1 N–H and O–H groups in total. The van der Waals surface area contributed by atoms with Crippen molar-refractivity contribution in [1.29, 1.82) is 0 Å². The van der Waals surface area contributed by atoms with Crippen molar-refractivity contribution in [3.63, 3.8) is 0 Å². The molecular formula is C19H20BrClN2O3. The molecular weight excluding hydrogens is 420 g/mol. The van der Waals surface area contributed by atoms with Gasteiger partial charge in [-0.25, -0.2) is 5.43 Å². The van der Waals surface area contributed by atoms with E-state index in [9.17, 15) is 4.79 Å². The molecule has 0 heterocycles. The van der Waals surface area contributed by atoms with E-state index in [-0.39, 0.29) is 12.0 Å². The lowest BCUT2D eigenvalue weighted by Crippen LogP contribution is -2.17. The first-order valence-electron chi connectivity index (χ1n) is 8.07. The van der Waals surface area contributed by atoms with E-state index in [1.54, 1.807) is 37.4 Å². The highest BCUT2D eigenvalue weighted by Crippen LogP contribution is 2.37. The Balaban J connectivity index is 2.11. The van der Waals surface area contributed by atoms with E-state index in [0.29, 0.717) is 22.1 Å². The van der Waals surface area contributed by atoms with Crippen molar-refractivity contribution in [2.75, 3.05) is 7.11 Å². The minimum absolute atomic E-state index is 0.0679. The lowest BCUT2D eigenvalue weighted by atomic mass is 10.2. The Bertz CT molecular complexity index is 794. The SMILES string of the molecule is CC[C@@H](C)Oc1c(Br)cc(/C=N\NC(=O)c2ccc(Cl)cc2)cc1OC. The van der Waals surface area contributed by atoms with Crippen LogP contribution >= 0.6 is 27.5 Å². The van der Waals surface area contributed by atoms with Gasteiger partial charge in [0, 0.05) is 10.6 Å². The van der Waals surface area contributed by atoms with E-state index < -0.39 is 0 Å². The molecule has 0 saturated carbocycles. The van der Waals surface area contributed by atoms with E-state index >= 15 is 0 Å². The Labute approximate surface area is 166 Å². The predicted octanol–water partition coefficient (Wildman–Crippen LogP) is 5.05. The number of nitrogens with one attached hydrogen (secondary N) is 1. The normalized spacial score (nSPS) is 12.0. The number of carbonyl (C=O) groups excluding carboxylic acids is 1. The minimum Gasteiger partial charge on any atom is -0.493 e. The first-order valence-corrected chi connectivity index (χ1v) is 9.24. The first-order chi connectivity index (χ1) is 12.4. The molecule has 2 rings (SSSR count). The lowest BCUT2D eigenvalue weighted by Gasteiger charge is -2.17. The topological polar surface area (TPSA) is 59.9 Å². The molecule has 0 saturated heterocycles. The Morgan fingerprint density at radius 2 is 2.04 bits per heavy atom. The van der Waals surface area contributed by atoms with Crippen LogP contribution in [-0.2, 0) is 0 Å². The molecule has 2 aromatic carbocycles. The van der Waals surface area contributed by atoms with Crippen LogP contribution in [0.15, 0.2) is 46.0 Å². The first kappa shape index (κ1) is 20.3. The average molecular weight is 440 g/mol. The quantitative estimate of drug-likeness (QED) is 0.485. The molecule has 26 heavy (non-hydrogen) atoms. The number of rotatable bonds is 7. The van der Waals surface area contributed by atoms with E-state index in [1.807, 2.05) is 13.0 Å². The van der Waals surface area contributed by atoms with Crippen molar-refractivity contribution in [2.24, 2.45) is 5.10 Å². The Morgan fingerprint density at radius 1 is 1.35 bits per heavy atom. The number of benzene rings is 2. The molecule has 0 unspecified atom stereocenters. The van der Waals surface area contributed by atoms with Gasteiger partial charge < -0.3 is 9.47 Å². The van der Waals surface area contributed by atoms with Crippen molar-refractivity contribution in [3.05, 3.63) is 57.0 Å². The maximum Gasteiger partial charge on any atom is 0.271 e. The van der Waals surface area contributed by atoms with Crippen LogP contribution < -0.4 is 14.9 Å². The van der Waals surface area contributed by atoms with Crippen LogP contribution in [0.5, 0.6) is 11.5 Å². The standard InChI is InChI=1S/C19H20BrClN2O3/c1-4-12(2)26-18-16(20)9-13(10-17(18)25-3)11-22-23-19(24)14-5-7-15(21)8-6-14/h5-12H,4H2,1-3H3,(H,23,24)/b22-11-/t12-/m1/s1. The van der Waals surface area contributed by atoms with Gasteiger partial charge in [0.2, 0.25) is 0 Å². The van der Waals surface area contributed by atoms with Crippen LogP contribution in [0, 0.1) is 0 Å². The smallest absolute Gasteiger partial charge is 0.271 e. The summed E-state index contributed by atoms with van der Waals surface area (Å²) >= 11 is 9.30. The highest BCUT2D eigenvalue weighted by Gasteiger charge is 2.13. The Kier molecular flexibility index (Phi) is 7.48. The number of halogens is 2. The summed E-state index contributed by atoms with van der Waals surface area (Å²) in [7, 11) is 1.58. The second-order valence-corrected chi connectivity index (χ2v) is 6.87. The van der Waals surface area contributed by atoms with Crippen molar-refractivity contribution >= 4 is 39.7 Å². The molecule has 0 radical (unpaired) electrons. The van der Waals surface area contributed by atoms with Gasteiger partial charge in [0.25, 0.3) is 5.91 Å². The number of ether oxygens (including phenoxy) is 2. The highest BCUT2D eigenvalue weighted by molar-refractivity contribution is 9.10. The van der Waals surface area contributed by atoms with E-state index in [1.165, 1.54) is 6.21 Å². The van der Waals surface area contributed by atoms with Crippen molar-refractivity contribution in [3.8, 4) is 11.5 Å². The number of hydrazone groups is 1. The van der Waals surface area contributed by atoms with E-state index in [0.717, 1.165) is 16.5 Å². The zero-order valence-corrected chi connectivity index (χ0v) is 17.1. The van der Waals surface area contributed by atoms with Gasteiger partial charge in [0.05, 0.1) is 23.9 Å². The molecule has 2 aromatic rings. The zero-order valence-electron chi connectivity index (χ0n) is 14.8. The summed E-state index contributed by atoms with van der Waals surface area (Å²) in [6, 6.07) is 10.2. The van der Waals surface area contributed by atoms with Gasteiger partial charge in [-0.15, -0.1) is 0 Å². The minimum atomic E-state index is -0.319. The maximum absolute atomic E-state index is 12.0. The summed E-state index contributed by atoms with van der Waals surface area (Å²) in [6.45, 7) is 4.04. The van der Waals surface area contributed by atoms with Gasteiger partial charge in [-0.05, 0) is 71.2 Å². The number of carbonyl (C=O) groups is 1. The molecule has 0 fully saturated rings. The summed E-state index contributed by atoms with van der Waals surface area (Å²) in [5.41, 5.74) is 3.71. The number of hydrogen-bond acceptors (Lipinski definition) is 4. The third-order valence-corrected chi connectivity index (χ3v) is 4.47. The second-order valence-electron chi connectivity index (χ2n) is 5.58. The van der Waals surface area contributed by atoms with E-state index in [2.05, 4.69) is 33.4 Å². The second kappa shape index (κ2) is 9.59. The Hall–Kier alpha value is -2.05. The molecule has 0 aliphatic rings. The van der Waals surface area contributed by atoms with Crippen LogP contribution in [0.25, 0.3) is 0 Å². The van der Waals surface area contributed by atoms with Gasteiger partial charge in [-0.3, -0.25) is 4.79 Å². The fourth-order valence-corrected chi connectivity index (χ4v) is 2.72. The van der Waals surface area contributed by atoms with Crippen molar-refractivity contribution < 1.29 is 14.3 Å². The predicted molar refractivity (Wildman–Crippen MR) is 108 cm³/mol. The molecule has 0 aliphatic carbocycles. The largest absolute Gasteiger partial charge is 0.493 e. The number of methoxy groups -OCH3 is 1. The van der Waals surface area contributed by atoms with Gasteiger partial charge in [0.15, 0.2) is 11.5 Å². The number of nitrogens with zero attached hydrogens (tertiary/aromatic N) is 1. The summed E-state index contributed by atoms with van der Waals surface area (Å²) in [5, 5.41) is 4.56. The number of amides is 1. The third kappa shape index (κ3) is 5.47. The molecule has 0 bridgehead atoms. The van der Waals surface area contributed by atoms with Crippen LogP contribution in [0.1, 0.15) is 36.2 Å². The average Bonchev–Trinajstić information content (AvgIpc) is 2.63. The van der Waals surface area contributed by atoms with Crippen LogP contribution in [0.2, 0.25) is 5.02 Å². The van der Waals surface area contributed by atoms with Crippen molar-refractivity contribution in [1.82, 2.24) is 5.43 Å². The van der Waals surface area contributed by atoms with Crippen LogP contribution in [0.3, 0.4) is 0 Å². The van der Waals surface area contributed by atoms with Gasteiger partial charge in [-0.1, -0.05) is 18.5 Å². The van der Waals surface area contributed by atoms with E-state index in [4.69, 9.17) is 21.1 Å². The summed E-state index contributed by atoms with van der Waals surface area (Å²) in [5.74, 6) is 0.912. The number of hydrogen-bond donors (Lipinski definition) is 1. The zero-order chi connectivity index (χ0) is 19.1. The Morgan fingerprint density at radius 3 is 2.65 bits per heavy atom. The highest BCUT2D eigenvalue weighted by atomic mass is 79.9. The van der Waals surface area contributed by atoms with Gasteiger partial charge >= 0.3 is 0 Å². The summed E-state index contributed by atoms with van der Waals surface area (Å²) < 4.78 is 12.0. The fraction of sp³-hybridized carbons (Fsp3) is 0.263. The van der Waals surface area contributed by atoms with Gasteiger partial charge in [0.1, 0.15) is 0 Å². The summed E-state index contributed by atoms with van der Waals surface area (Å²) in [6.07, 6.45) is 2.49. The lowest BCUT2D eigenvalue weighted by molar-refractivity contribution is 0.0955. The van der Waals surface area contributed by atoms with Crippen LogP contribution in [-0.4, -0.2) is 25.3 Å². The third-order valence-electron chi connectivity index (χ3n) is 3.63. The molecule has 1 amide bonds. The molecule has 0 aromatic heterocycles. The molecule has 5 nitrogen and oxygen atoms in total.